The number of carbonyl (C=O) groups excluding carboxylic acids is 1. The van der Waals surface area contributed by atoms with Gasteiger partial charge in [0, 0.05) is 25.7 Å². The number of benzene rings is 1. The highest BCUT2D eigenvalue weighted by Crippen LogP contribution is 2.36. The molecule has 0 radical (unpaired) electrons. The molecule has 2 heterocycles. The van der Waals surface area contributed by atoms with Gasteiger partial charge in [0.15, 0.2) is 11.5 Å². The second-order valence-corrected chi connectivity index (χ2v) is 7.57. The van der Waals surface area contributed by atoms with Gasteiger partial charge in [0.1, 0.15) is 11.5 Å². The molecule has 0 bridgehead atoms. The van der Waals surface area contributed by atoms with Gasteiger partial charge in [-0.15, -0.1) is 0 Å². The van der Waals surface area contributed by atoms with Crippen molar-refractivity contribution in [3.8, 4) is 11.5 Å². The van der Waals surface area contributed by atoms with Gasteiger partial charge in [-0.05, 0) is 49.8 Å². The minimum absolute atomic E-state index is 0.0464. The predicted octanol–water partition coefficient (Wildman–Crippen LogP) is 3.85. The lowest BCUT2D eigenvalue weighted by molar-refractivity contribution is -0.116. The van der Waals surface area contributed by atoms with Crippen molar-refractivity contribution >= 4 is 23.6 Å². The summed E-state index contributed by atoms with van der Waals surface area (Å²) in [4.78, 5) is 14.8. The largest absolute Gasteiger partial charge is 0.491 e. The molecule has 1 aliphatic rings. The number of hydrogen-bond donors (Lipinski definition) is 1. The first kappa shape index (κ1) is 23.2. The van der Waals surface area contributed by atoms with Gasteiger partial charge in [-0.1, -0.05) is 11.6 Å². The maximum absolute atomic E-state index is 12.5. The van der Waals surface area contributed by atoms with Crippen LogP contribution in [0.4, 0.5) is 0 Å². The van der Waals surface area contributed by atoms with Crippen LogP contribution >= 0.6 is 11.6 Å². The molecule has 3 rings (SSSR count). The maximum Gasteiger partial charge on any atom is 0.244 e. The molecule has 1 aliphatic heterocycles. The molecule has 168 valence electrons. The number of methoxy groups -OCH3 is 1. The number of nitrogens with zero attached hydrogens (tertiary/aromatic N) is 1. The van der Waals surface area contributed by atoms with Crippen molar-refractivity contribution in [2.24, 2.45) is 0 Å². The smallest absolute Gasteiger partial charge is 0.244 e. The predicted molar refractivity (Wildman–Crippen MR) is 120 cm³/mol. The first-order valence-electron chi connectivity index (χ1n) is 10.4. The molecule has 7 nitrogen and oxygen atoms in total. The number of aryl methyl sites for hydroxylation is 1. The zero-order valence-electron chi connectivity index (χ0n) is 18.2. The highest BCUT2D eigenvalue weighted by molar-refractivity contribution is 6.32. The van der Waals surface area contributed by atoms with Crippen molar-refractivity contribution < 1.29 is 23.4 Å². The summed E-state index contributed by atoms with van der Waals surface area (Å²) in [6.45, 7) is 7.64. The van der Waals surface area contributed by atoms with E-state index in [9.17, 15) is 4.79 Å². The lowest BCUT2D eigenvalue weighted by atomic mass is 10.1. The van der Waals surface area contributed by atoms with E-state index < -0.39 is 0 Å². The third-order valence-electron chi connectivity index (χ3n) is 5.01. The van der Waals surface area contributed by atoms with Crippen LogP contribution in [0.25, 0.3) is 6.08 Å². The first-order valence-corrected chi connectivity index (χ1v) is 10.7. The molecule has 1 atom stereocenters. The van der Waals surface area contributed by atoms with Crippen molar-refractivity contribution in [1.82, 2.24) is 10.2 Å². The van der Waals surface area contributed by atoms with Gasteiger partial charge in [0.25, 0.3) is 0 Å². The Morgan fingerprint density at radius 3 is 2.74 bits per heavy atom. The number of nitrogens with one attached hydrogen (secondary N) is 1. The van der Waals surface area contributed by atoms with Crippen molar-refractivity contribution in [3.63, 3.8) is 0 Å². The fourth-order valence-electron chi connectivity index (χ4n) is 3.50. The molecule has 1 fully saturated rings. The number of carbonyl (C=O) groups is 1. The Bertz CT molecular complexity index is 905. The van der Waals surface area contributed by atoms with Crippen molar-refractivity contribution in [3.05, 3.63) is 52.4 Å². The third kappa shape index (κ3) is 6.26. The molecule has 0 saturated carbocycles. The summed E-state index contributed by atoms with van der Waals surface area (Å²) < 4.78 is 22.2. The van der Waals surface area contributed by atoms with Crippen LogP contribution in [0.3, 0.4) is 0 Å². The first-order chi connectivity index (χ1) is 15.0. The summed E-state index contributed by atoms with van der Waals surface area (Å²) >= 11 is 6.28. The van der Waals surface area contributed by atoms with E-state index in [1.807, 2.05) is 26.0 Å². The average Bonchev–Trinajstić information content (AvgIpc) is 3.19. The fourth-order valence-corrected chi connectivity index (χ4v) is 3.80. The lowest BCUT2D eigenvalue weighted by Gasteiger charge is -2.33. The minimum atomic E-state index is -0.202. The van der Waals surface area contributed by atoms with E-state index in [-0.39, 0.29) is 11.9 Å². The van der Waals surface area contributed by atoms with E-state index in [1.54, 1.807) is 18.2 Å². The minimum Gasteiger partial charge on any atom is -0.491 e. The van der Waals surface area contributed by atoms with Crippen LogP contribution in [0.1, 0.15) is 30.0 Å². The Labute approximate surface area is 187 Å². The molecule has 8 heteroatoms. The number of morpholine rings is 1. The van der Waals surface area contributed by atoms with E-state index in [4.69, 9.17) is 30.2 Å². The second-order valence-electron chi connectivity index (χ2n) is 7.16. The highest BCUT2D eigenvalue weighted by Gasteiger charge is 2.25. The van der Waals surface area contributed by atoms with Gasteiger partial charge in [-0.2, -0.15) is 0 Å². The average molecular weight is 449 g/mol. The molecule has 1 N–H and O–H groups in total. The zero-order valence-corrected chi connectivity index (χ0v) is 18.9. The summed E-state index contributed by atoms with van der Waals surface area (Å²) in [5, 5.41) is 3.40. The zero-order chi connectivity index (χ0) is 22.2. The third-order valence-corrected chi connectivity index (χ3v) is 5.29. The Balaban J connectivity index is 1.66. The summed E-state index contributed by atoms with van der Waals surface area (Å²) in [6.07, 6.45) is 3.18. The van der Waals surface area contributed by atoms with E-state index in [0.717, 1.165) is 30.2 Å². The summed E-state index contributed by atoms with van der Waals surface area (Å²) in [5.74, 6) is 2.50. The molecule has 2 aromatic rings. The second kappa shape index (κ2) is 11.2. The topological polar surface area (TPSA) is 73.2 Å². The van der Waals surface area contributed by atoms with Gasteiger partial charge >= 0.3 is 0 Å². The van der Waals surface area contributed by atoms with E-state index >= 15 is 0 Å². The highest BCUT2D eigenvalue weighted by atomic mass is 35.5. The quantitative estimate of drug-likeness (QED) is 0.587. The van der Waals surface area contributed by atoms with Gasteiger partial charge in [0.05, 0.1) is 38.0 Å². The van der Waals surface area contributed by atoms with Crippen LogP contribution in [-0.4, -0.2) is 57.4 Å². The number of halogens is 1. The van der Waals surface area contributed by atoms with Crippen LogP contribution in [-0.2, 0) is 9.53 Å². The lowest BCUT2D eigenvalue weighted by Crippen LogP contribution is -2.43. The van der Waals surface area contributed by atoms with E-state index in [0.29, 0.717) is 42.9 Å². The van der Waals surface area contributed by atoms with Crippen LogP contribution in [0, 0.1) is 6.92 Å². The van der Waals surface area contributed by atoms with E-state index in [2.05, 4.69) is 10.2 Å². The molecular formula is C23H29ClN2O5. The Morgan fingerprint density at radius 1 is 1.32 bits per heavy atom. The van der Waals surface area contributed by atoms with Crippen LogP contribution < -0.4 is 14.8 Å². The Kier molecular flexibility index (Phi) is 8.40. The number of ether oxygens (including phenoxy) is 3. The summed E-state index contributed by atoms with van der Waals surface area (Å²) in [6, 6.07) is 7.38. The standard InChI is InChI=1S/C23H29ClN2O5/c1-4-30-21-14-17(13-18(24)23(21)28-3)6-8-22(27)25-15-19(20-7-5-16(2)31-20)26-9-11-29-12-10-26/h5-8,13-14,19H,4,9-12,15H2,1-3H3,(H,25,27)/b8-6+. The Hall–Kier alpha value is -2.48. The molecule has 0 spiro atoms. The van der Waals surface area contributed by atoms with Crippen molar-refractivity contribution in [2.45, 2.75) is 19.9 Å². The molecule has 1 aromatic carbocycles. The molecular weight excluding hydrogens is 420 g/mol. The van der Waals surface area contributed by atoms with Crippen LogP contribution in [0.2, 0.25) is 5.02 Å². The van der Waals surface area contributed by atoms with Crippen molar-refractivity contribution in [2.75, 3.05) is 46.6 Å². The molecule has 1 aromatic heterocycles. The normalized spacial score (nSPS) is 15.7. The van der Waals surface area contributed by atoms with Crippen LogP contribution in [0.15, 0.2) is 34.8 Å². The number of furan rings is 1. The maximum atomic E-state index is 12.5. The SMILES string of the molecule is CCOc1cc(/C=C/C(=O)NCC(c2ccc(C)o2)N2CCOCC2)cc(Cl)c1OC. The number of amides is 1. The molecule has 1 amide bonds. The fraction of sp³-hybridized carbons (Fsp3) is 0.435. The summed E-state index contributed by atoms with van der Waals surface area (Å²) in [7, 11) is 1.54. The molecule has 0 aliphatic carbocycles. The van der Waals surface area contributed by atoms with Crippen molar-refractivity contribution in [1.29, 1.82) is 0 Å². The van der Waals surface area contributed by atoms with Gasteiger partial charge in [-0.3, -0.25) is 9.69 Å². The molecule has 31 heavy (non-hydrogen) atoms. The monoisotopic (exact) mass is 448 g/mol. The van der Waals surface area contributed by atoms with Gasteiger partial charge in [-0.25, -0.2) is 0 Å². The van der Waals surface area contributed by atoms with Crippen LogP contribution in [0.5, 0.6) is 11.5 Å². The van der Waals surface area contributed by atoms with Gasteiger partial charge < -0.3 is 23.9 Å². The number of hydrogen-bond acceptors (Lipinski definition) is 6. The Morgan fingerprint density at radius 2 is 2.10 bits per heavy atom. The summed E-state index contributed by atoms with van der Waals surface area (Å²) in [5.41, 5.74) is 0.746. The number of rotatable bonds is 9. The molecule has 1 saturated heterocycles. The van der Waals surface area contributed by atoms with Gasteiger partial charge in [0.2, 0.25) is 5.91 Å². The van der Waals surface area contributed by atoms with E-state index in [1.165, 1.54) is 13.2 Å². The molecule has 1 unspecified atom stereocenters.